The molecule has 5 nitrogen and oxygen atoms in total. The number of furan rings is 1. The van der Waals surface area contributed by atoms with Gasteiger partial charge in [-0.05, 0) is 122 Å². The summed E-state index contributed by atoms with van der Waals surface area (Å²) in [7, 11) is 2.91. The number of aromatic nitrogens is 3. The molecule has 0 amide bonds. The lowest BCUT2D eigenvalue weighted by atomic mass is 9.58. The Kier molecular flexibility index (Phi) is 8.54. The average molecular weight is 863 g/mol. The molecule has 4 heterocycles. The standard InChI is InChI=1S/C60H59BN4O/c1-57(2,3)35-21-24-37(25-22-35)62-44-26-23-36(58(4,5)6)29-39(44)50-51-38-19-15-16-20-49(38)66-55(51)52-40-30-41-42(60(9,10)28-27-59(41,7)8)31-46(40)65-47-33-48-45(32-43(47)61-53(50)54(52)65)63-56(64(48)11)34-17-13-12-14-18-34/h12-26,29-33,61-62H,27-28H2,1-11H3. The highest BCUT2D eigenvalue weighted by Crippen LogP contribution is 2.52. The normalized spacial score (nSPS) is 15.4. The quantitative estimate of drug-likeness (QED) is 0.179. The van der Waals surface area contributed by atoms with Crippen molar-refractivity contribution in [2.75, 3.05) is 5.32 Å². The second-order valence-corrected chi connectivity index (χ2v) is 22.9. The first kappa shape index (κ1) is 40.9. The summed E-state index contributed by atoms with van der Waals surface area (Å²) in [5.74, 6) is 0.973. The van der Waals surface area contributed by atoms with E-state index in [1.54, 1.807) is 0 Å². The molecule has 0 unspecified atom stereocenters. The van der Waals surface area contributed by atoms with Crippen molar-refractivity contribution in [2.24, 2.45) is 7.05 Å². The van der Waals surface area contributed by atoms with Crippen molar-refractivity contribution in [1.82, 2.24) is 14.1 Å². The zero-order valence-corrected chi connectivity index (χ0v) is 40.4. The van der Waals surface area contributed by atoms with Gasteiger partial charge in [-0.2, -0.15) is 0 Å². The third kappa shape index (κ3) is 6.02. The highest BCUT2D eigenvalue weighted by molar-refractivity contribution is 6.74. The Hall–Kier alpha value is -6.53. The van der Waals surface area contributed by atoms with Crippen molar-refractivity contribution >= 4 is 84.4 Å². The number of hydrogen-bond acceptors (Lipinski definition) is 3. The molecule has 3 aromatic heterocycles. The smallest absolute Gasteiger partial charge is 0.198 e. The molecule has 0 radical (unpaired) electrons. The number of para-hydroxylation sites is 1. The molecular formula is C60H59BN4O. The van der Waals surface area contributed by atoms with Crippen molar-refractivity contribution in [2.45, 2.75) is 104 Å². The van der Waals surface area contributed by atoms with E-state index in [0.717, 1.165) is 70.5 Å². The Morgan fingerprint density at radius 1 is 0.667 bits per heavy atom. The van der Waals surface area contributed by atoms with E-state index in [4.69, 9.17) is 9.40 Å². The van der Waals surface area contributed by atoms with Crippen molar-refractivity contribution in [1.29, 1.82) is 0 Å². The van der Waals surface area contributed by atoms with Gasteiger partial charge in [0.1, 0.15) is 17.0 Å². The summed E-state index contributed by atoms with van der Waals surface area (Å²) < 4.78 is 12.2. The molecule has 7 aromatic carbocycles. The minimum absolute atomic E-state index is 0.0333. The van der Waals surface area contributed by atoms with Crippen molar-refractivity contribution in [3.8, 4) is 28.2 Å². The van der Waals surface area contributed by atoms with Crippen molar-refractivity contribution in [3.63, 3.8) is 0 Å². The van der Waals surface area contributed by atoms with Crippen molar-refractivity contribution < 1.29 is 4.42 Å². The summed E-state index contributed by atoms with van der Waals surface area (Å²) >= 11 is 0. The van der Waals surface area contributed by atoms with E-state index in [-0.39, 0.29) is 21.7 Å². The van der Waals surface area contributed by atoms with E-state index >= 15 is 0 Å². The SMILES string of the molecule is Cn1c(-c2ccccc2)nc2cc3c(cc21)-n1c2cc4c(cc2c2c5oc6ccccc6c5c(-c5cc(C(C)(C)C)ccc5Nc5ccc(C(C)(C)C)cc5)c(c21)B3)C(C)(C)CCC4(C)C. The van der Waals surface area contributed by atoms with E-state index in [0.29, 0.717) is 0 Å². The Balaban J connectivity index is 1.24. The van der Waals surface area contributed by atoms with Crippen LogP contribution < -0.4 is 16.2 Å². The molecule has 0 fully saturated rings. The van der Waals surface area contributed by atoms with Crippen LogP contribution >= 0.6 is 0 Å². The molecule has 1 aliphatic heterocycles. The highest BCUT2D eigenvalue weighted by atomic mass is 16.3. The number of fused-ring (bicyclic) bond motifs is 11. The Morgan fingerprint density at radius 3 is 2.05 bits per heavy atom. The molecule has 2 aliphatic rings. The summed E-state index contributed by atoms with van der Waals surface area (Å²) in [6, 6.07) is 45.3. The Labute approximate surface area is 389 Å². The van der Waals surface area contributed by atoms with Gasteiger partial charge in [0, 0.05) is 51.4 Å². The second kappa shape index (κ2) is 13.8. The van der Waals surface area contributed by atoms with Crippen LogP contribution in [0.15, 0.2) is 126 Å². The number of aryl methyl sites for hydroxylation is 1. The summed E-state index contributed by atoms with van der Waals surface area (Å²) in [5, 5.41) is 8.75. The number of anilines is 2. The molecule has 328 valence electrons. The van der Waals surface area contributed by atoms with E-state index in [1.807, 2.05) is 0 Å². The van der Waals surface area contributed by atoms with Crippen molar-refractivity contribution in [3.05, 3.63) is 144 Å². The van der Waals surface area contributed by atoms with E-state index in [1.165, 1.54) is 77.2 Å². The van der Waals surface area contributed by atoms with Crippen LogP contribution in [0, 0.1) is 0 Å². The van der Waals surface area contributed by atoms with Crippen LogP contribution in [0.1, 0.15) is 104 Å². The number of nitrogens with one attached hydrogen (secondary N) is 1. The fourth-order valence-corrected chi connectivity index (χ4v) is 11.5. The van der Waals surface area contributed by atoms with E-state index in [2.05, 4.69) is 212 Å². The Morgan fingerprint density at radius 2 is 1.33 bits per heavy atom. The van der Waals surface area contributed by atoms with Crippen LogP contribution in [0.5, 0.6) is 0 Å². The first-order valence-corrected chi connectivity index (χ1v) is 23.9. The third-order valence-electron chi connectivity index (χ3n) is 15.5. The van der Waals surface area contributed by atoms with Gasteiger partial charge in [0.2, 0.25) is 0 Å². The maximum Gasteiger partial charge on any atom is 0.198 e. The summed E-state index contributed by atoms with van der Waals surface area (Å²) in [5.41, 5.74) is 21.5. The molecule has 0 saturated carbocycles. The minimum Gasteiger partial charge on any atom is -0.455 e. The maximum absolute atomic E-state index is 7.29. The van der Waals surface area contributed by atoms with Gasteiger partial charge >= 0.3 is 0 Å². The monoisotopic (exact) mass is 862 g/mol. The molecule has 12 rings (SSSR count). The average Bonchev–Trinajstić information content (AvgIpc) is 3.94. The Bertz CT molecular complexity index is 3660. The lowest BCUT2D eigenvalue weighted by molar-refractivity contribution is 0.332. The molecule has 66 heavy (non-hydrogen) atoms. The predicted molar refractivity (Wildman–Crippen MR) is 282 cm³/mol. The summed E-state index contributed by atoms with van der Waals surface area (Å²) in [6.07, 6.45) is 2.30. The highest BCUT2D eigenvalue weighted by Gasteiger charge is 2.40. The summed E-state index contributed by atoms with van der Waals surface area (Å²) in [4.78, 5) is 5.35. The molecular weight excluding hydrogens is 803 g/mol. The fourth-order valence-electron chi connectivity index (χ4n) is 11.5. The molecule has 1 N–H and O–H groups in total. The molecule has 0 saturated heterocycles. The molecule has 1 aliphatic carbocycles. The summed E-state index contributed by atoms with van der Waals surface area (Å²) in [6.45, 7) is 23.6. The van der Waals surface area contributed by atoms with Gasteiger partial charge in [0.05, 0.1) is 27.5 Å². The van der Waals surface area contributed by atoms with Gasteiger partial charge in [-0.3, -0.25) is 0 Å². The molecule has 0 atom stereocenters. The number of nitrogens with zero attached hydrogens (tertiary/aromatic N) is 3. The van der Waals surface area contributed by atoms with Crippen LogP contribution in [0.25, 0.3) is 83.0 Å². The molecule has 0 bridgehead atoms. The molecule has 6 heteroatoms. The number of benzene rings is 7. The van der Waals surface area contributed by atoms with Gasteiger partial charge < -0.3 is 18.9 Å². The van der Waals surface area contributed by atoms with Crippen LogP contribution in [0.2, 0.25) is 0 Å². The van der Waals surface area contributed by atoms with Crippen LogP contribution in [0.4, 0.5) is 11.4 Å². The van der Waals surface area contributed by atoms with Gasteiger partial charge in [-0.15, -0.1) is 0 Å². The number of hydrogen-bond donors (Lipinski definition) is 1. The lowest BCUT2D eigenvalue weighted by Crippen LogP contribution is -2.37. The van der Waals surface area contributed by atoms with Gasteiger partial charge in [0.15, 0.2) is 7.28 Å². The van der Waals surface area contributed by atoms with Gasteiger partial charge in [-0.25, -0.2) is 4.98 Å². The minimum atomic E-state index is -0.0816. The number of rotatable bonds is 4. The largest absolute Gasteiger partial charge is 0.455 e. The third-order valence-corrected chi connectivity index (χ3v) is 15.5. The fraction of sp³-hybridized carbons (Fsp3) is 0.283. The second-order valence-electron chi connectivity index (χ2n) is 22.9. The predicted octanol–water partition coefficient (Wildman–Crippen LogP) is 14.3. The molecule has 0 spiro atoms. The lowest BCUT2D eigenvalue weighted by Gasteiger charge is -2.42. The van der Waals surface area contributed by atoms with E-state index < -0.39 is 0 Å². The van der Waals surface area contributed by atoms with Crippen LogP contribution in [-0.4, -0.2) is 21.4 Å². The number of imidazole rings is 1. The van der Waals surface area contributed by atoms with Gasteiger partial charge in [0.25, 0.3) is 0 Å². The van der Waals surface area contributed by atoms with Crippen LogP contribution in [-0.2, 0) is 28.7 Å². The first-order valence-electron chi connectivity index (χ1n) is 23.9. The zero-order valence-electron chi connectivity index (χ0n) is 40.4. The first-order chi connectivity index (χ1) is 31.4. The van der Waals surface area contributed by atoms with Gasteiger partial charge in [-0.1, -0.05) is 141 Å². The topological polar surface area (TPSA) is 47.9 Å². The zero-order chi connectivity index (χ0) is 45.8. The van der Waals surface area contributed by atoms with E-state index in [9.17, 15) is 0 Å². The molecule has 10 aromatic rings. The maximum atomic E-state index is 7.29. The van der Waals surface area contributed by atoms with Crippen LogP contribution in [0.3, 0.4) is 0 Å².